The average Bonchev–Trinajstić information content (AvgIpc) is 3.26. The van der Waals surface area contributed by atoms with E-state index in [1.165, 1.54) is 10.9 Å². The lowest BCUT2D eigenvalue weighted by Gasteiger charge is -2.30. The van der Waals surface area contributed by atoms with Gasteiger partial charge in [-0.1, -0.05) is 31.2 Å². The van der Waals surface area contributed by atoms with E-state index in [1.54, 1.807) is 11.2 Å². The fraction of sp³-hybridized carbons (Fsp3) is 0.400. The van der Waals surface area contributed by atoms with Crippen LogP contribution in [-0.2, 0) is 21.4 Å². The second-order valence-corrected chi connectivity index (χ2v) is 10.7. The van der Waals surface area contributed by atoms with E-state index in [4.69, 9.17) is 0 Å². The van der Waals surface area contributed by atoms with Crippen LogP contribution >= 0.6 is 0 Å². The second kappa shape index (κ2) is 9.46. The smallest absolute Gasteiger partial charge is 0.219 e. The number of nitrogens with zero attached hydrogens (tertiary/aromatic N) is 1. The lowest BCUT2D eigenvalue weighted by Crippen LogP contribution is -2.38. The van der Waals surface area contributed by atoms with E-state index in [-0.39, 0.29) is 11.7 Å². The summed E-state index contributed by atoms with van der Waals surface area (Å²) in [6, 6.07) is 14.7. The molecule has 7 heteroatoms. The first-order valence-corrected chi connectivity index (χ1v) is 13.0. The standard InChI is InChI=1S/C25H31N3O3S/c1-3-25(29)27-16-18-6-5-7-20(14-18)21-8-9-24-22(15-21)23(17-26-24)19-10-12-28(13-11-19)32(30,31)4-2/h5-9,14-15,17,19,26H,3-4,10-13,16H2,1-2H3,(H,27,29). The van der Waals surface area contributed by atoms with Crippen LogP contribution in [0, 0.1) is 0 Å². The summed E-state index contributed by atoms with van der Waals surface area (Å²) >= 11 is 0. The molecule has 0 aliphatic carbocycles. The third-order valence-electron chi connectivity index (χ3n) is 6.44. The molecule has 1 aliphatic rings. The van der Waals surface area contributed by atoms with Gasteiger partial charge in [-0.05, 0) is 66.1 Å². The van der Waals surface area contributed by atoms with Crippen molar-refractivity contribution in [3.05, 3.63) is 59.8 Å². The minimum absolute atomic E-state index is 0.0478. The maximum Gasteiger partial charge on any atom is 0.219 e. The molecule has 0 atom stereocenters. The number of amides is 1. The number of nitrogens with one attached hydrogen (secondary N) is 2. The van der Waals surface area contributed by atoms with Crippen molar-refractivity contribution in [3.63, 3.8) is 0 Å². The highest BCUT2D eigenvalue weighted by Gasteiger charge is 2.28. The fourth-order valence-corrected chi connectivity index (χ4v) is 5.61. The first-order valence-electron chi connectivity index (χ1n) is 11.4. The van der Waals surface area contributed by atoms with Gasteiger partial charge in [-0.2, -0.15) is 0 Å². The van der Waals surface area contributed by atoms with Gasteiger partial charge >= 0.3 is 0 Å². The van der Waals surface area contributed by atoms with Crippen molar-refractivity contribution in [2.75, 3.05) is 18.8 Å². The van der Waals surface area contributed by atoms with Crippen molar-refractivity contribution < 1.29 is 13.2 Å². The van der Waals surface area contributed by atoms with Crippen molar-refractivity contribution in [2.45, 2.75) is 45.6 Å². The topological polar surface area (TPSA) is 82.3 Å². The van der Waals surface area contributed by atoms with Crippen LogP contribution in [0.5, 0.6) is 0 Å². The predicted octanol–water partition coefficient (Wildman–Crippen LogP) is 4.39. The van der Waals surface area contributed by atoms with E-state index in [9.17, 15) is 13.2 Å². The Balaban J connectivity index is 1.56. The summed E-state index contributed by atoms with van der Waals surface area (Å²) in [5.41, 5.74) is 5.68. The van der Waals surface area contributed by atoms with E-state index < -0.39 is 10.0 Å². The third kappa shape index (κ3) is 4.74. The third-order valence-corrected chi connectivity index (χ3v) is 8.32. The number of hydrogen-bond donors (Lipinski definition) is 2. The highest BCUT2D eigenvalue weighted by Crippen LogP contribution is 2.35. The van der Waals surface area contributed by atoms with E-state index in [0.717, 1.165) is 35.0 Å². The second-order valence-electron chi connectivity index (χ2n) is 8.41. The number of benzene rings is 2. The molecule has 0 radical (unpaired) electrons. The maximum atomic E-state index is 12.2. The fourth-order valence-electron chi connectivity index (χ4n) is 4.47. The van der Waals surface area contributed by atoms with Crippen molar-refractivity contribution >= 4 is 26.8 Å². The summed E-state index contributed by atoms with van der Waals surface area (Å²) < 4.78 is 26.0. The highest BCUT2D eigenvalue weighted by atomic mass is 32.2. The van der Waals surface area contributed by atoms with Gasteiger partial charge in [0.05, 0.1) is 5.75 Å². The van der Waals surface area contributed by atoms with Crippen molar-refractivity contribution in [1.82, 2.24) is 14.6 Å². The zero-order valence-electron chi connectivity index (χ0n) is 18.7. The summed E-state index contributed by atoms with van der Waals surface area (Å²) in [6.07, 6.45) is 4.24. The van der Waals surface area contributed by atoms with Gasteiger partial charge in [0, 0.05) is 43.2 Å². The van der Waals surface area contributed by atoms with Crippen LogP contribution in [0.15, 0.2) is 48.7 Å². The minimum Gasteiger partial charge on any atom is -0.361 e. The molecule has 2 N–H and O–H groups in total. The molecule has 1 saturated heterocycles. The zero-order valence-corrected chi connectivity index (χ0v) is 19.5. The summed E-state index contributed by atoms with van der Waals surface area (Å²) in [6.45, 7) is 5.24. The predicted molar refractivity (Wildman–Crippen MR) is 129 cm³/mol. The Morgan fingerprint density at radius 1 is 1.09 bits per heavy atom. The number of carbonyl (C=O) groups is 1. The van der Waals surface area contributed by atoms with Crippen molar-refractivity contribution in [2.24, 2.45) is 0 Å². The summed E-state index contributed by atoms with van der Waals surface area (Å²) in [4.78, 5) is 15.0. The first kappa shape index (κ1) is 22.6. The molecule has 2 aromatic carbocycles. The molecule has 170 valence electrons. The van der Waals surface area contributed by atoms with E-state index >= 15 is 0 Å². The Morgan fingerprint density at radius 3 is 2.56 bits per heavy atom. The van der Waals surface area contributed by atoms with Crippen LogP contribution < -0.4 is 5.32 Å². The van der Waals surface area contributed by atoms with Crippen molar-refractivity contribution in [1.29, 1.82) is 0 Å². The maximum absolute atomic E-state index is 12.2. The van der Waals surface area contributed by atoms with Crippen LogP contribution in [0.3, 0.4) is 0 Å². The monoisotopic (exact) mass is 453 g/mol. The zero-order chi connectivity index (χ0) is 22.7. The van der Waals surface area contributed by atoms with Gasteiger partial charge in [-0.3, -0.25) is 4.79 Å². The lowest BCUT2D eigenvalue weighted by molar-refractivity contribution is -0.120. The Labute approximate surface area is 190 Å². The van der Waals surface area contributed by atoms with Gasteiger partial charge in [-0.25, -0.2) is 12.7 Å². The van der Waals surface area contributed by atoms with Crippen LogP contribution in [-0.4, -0.2) is 42.5 Å². The van der Waals surface area contributed by atoms with Gasteiger partial charge in [0.15, 0.2) is 0 Å². The molecule has 1 fully saturated rings. The molecular formula is C25H31N3O3S. The van der Waals surface area contributed by atoms with Crippen LogP contribution in [0.25, 0.3) is 22.0 Å². The molecule has 0 bridgehead atoms. The molecule has 6 nitrogen and oxygen atoms in total. The molecule has 4 rings (SSSR count). The number of aromatic amines is 1. The molecule has 0 spiro atoms. The quantitative estimate of drug-likeness (QED) is 0.557. The average molecular weight is 454 g/mol. The summed E-state index contributed by atoms with van der Waals surface area (Å²) in [5.74, 6) is 0.555. The molecule has 1 amide bonds. The first-order chi connectivity index (χ1) is 15.4. The molecule has 1 aliphatic heterocycles. The number of H-pyrrole nitrogens is 1. The SMILES string of the molecule is CCC(=O)NCc1cccc(-c2ccc3[nH]cc(C4CCN(S(=O)(=O)CC)CC4)c3c2)c1. The highest BCUT2D eigenvalue weighted by molar-refractivity contribution is 7.89. The summed E-state index contributed by atoms with van der Waals surface area (Å²) in [5, 5.41) is 4.13. The van der Waals surface area contributed by atoms with Crippen LogP contribution in [0.1, 0.15) is 50.2 Å². The number of aromatic nitrogens is 1. The number of fused-ring (bicyclic) bond motifs is 1. The molecule has 0 unspecified atom stereocenters. The number of carbonyl (C=O) groups excluding carboxylic acids is 1. The summed E-state index contributed by atoms with van der Waals surface area (Å²) in [7, 11) is -3.12. The number of sulfonamides is 1. The van der Waals surface area contributed by atoms with Gasteiger partial charge < -0.3 is 10.3 Å². The van der Waals surface area contributed by atoms with Crippen LogP contribution in [0.2, 0.25) is 0 Å². The largest absolute Gasteiger partial charge is 0.361 e. The molecule has 3 aromatic rings. The Kier molecular flexibility index (Phi) is 6.67. The number of hydrogen-bond acceptors (Lipinski definition) is 3. The van der Waals surface area contributed by atoms with Gasteiger partial charge in [0.25, 0.3) is 0 Å². The Morgan fingerprint density at radius 2 is 1.84 bits per heavy atom. The Hall–Kier alpha value is -2.64. The van der Waals surface area contributed by atoms with Gasteiger partial charge in [0.1, 0.15) is 0 Å². The molecule has 1 aromatic heterocycles. The molecule has 2 heterocycles. The van der Waals surface area contributed by atoms with E-state index in [2.05, 4.69) is 46.8 Å². The molecule has 32 heavy (non-hydrogen) atoms. The van der Waals surface area contributed by atoms with Crippen LogP contribution in [0.4, 0.5) is 0 Å². The van der Waals surface area contributed by atoms with E-state index in [0.29, 0.717) is 32.0 Å². The number of piperidine rings is 1. The van der Waals surface area contributed by atoms with Crippen molar-refractivity contribution in [3.8, 4) is 11.1 Å². The minimum atomic E-state index is -3.12. The van der Waals surface area contributed by atoms with E-state index in [1.807, 2.05) is 19.1 Å². The Bertz CT molecular complexity index is 1210. The van der Waals surface area contributed by atoms with Gasteiger partial charge in [0.2, 0.25) is 15.9 Å². The molecule has 0 saturated carbocycles. The number of rotatable bonds is 7. The lowest BCUT2D eigenvalue weighted by atomic mass is 9.89. The van der Waals surface area contributed by atoms with Gasteiger partial charge in [-0.15, -0.1) is 0 Å². The normalized spacial score (nSPS) is 15.8. The molecular weight excluding hydrogens is 422 g/mol.